The quantitative estimate of drug-likeness (QED) is 0.663. The molecule has 2 aliphatic rings. The second kappa shape index (κ2) is 9.01. The molecule has 1 saturated heterocycles. The van der Waals surface area contributed by atoms with E-state index in [4.69, 9.17) is 0 Å². The fourth-order valence-electron chi connectivity index (χ4n) is 3.35. The molecule has 4 rings (SSSR count). The first kappa shape index (κ1) is 21.2. The van der Waals surface area contributed by atoms with Gasteiger partial charge < -0.3 is 20.9 Å². The summed E-state index contributed by atoms with van der Waals surface area (Å²) in [7, 11) is 0. The molecule has 8 heteroatoms. The van der Waals surface area contributed by atoms with Crippen LogP contribution in [0.2, 0.25) is 0 Å². The van der Waals surface area contributed by atoms with Crippen molar-refractivity contribution in [2.75, 3.05) is 22.3 Å². The maximum Gasteiger partial charge on any atom is 0.319 e. The molecule has 31 heavy (non-hydrogen) atoms. The van der Waals surface area contributed by atoms with Gasteiger partial charge in [0.2, 0.25) is 5.91 Å². The summed E-state index contributed by atoms with van der Waals surface area (Å²) in [6, 6.07) is 12.1. The predicted molar refractivity (Wildman–Crippen MR) is 123 cm³/mol. The zero-order valence-corrected chi connectivity index (χ0v) is 18.4. The molecule has 1 heterocycles. The minimum absolute atomic E-state index is 0.184. The maximum absolute atomic E-state index is 13.0. The van der Waals surface area contributed by atoms with E-state index < -0.39 is 6.04 Å². The Balaban J connectivity index is 1.39. The Morgan fingerprint density at radius 1 is 0.935 bits per heavy atom. The Bertz CT molecular complexity index is 1000. The molecule has 2 aromatic rings. The molecule has 0 bridgehead atoms. The number of nitrogens with one attached hydrogen (secondary N) is 3. The van der Waals surface area contributed by atoms with E-state index in [0.717, 1.165) is 29.7 Å². The fraction of sp³-hybridized carbons (Fsp3) is 0.348. The van der Waals surface area contributed by atoms with E-state index in [-0.39, 0.29) is 23.9 Å². The molecule has 7 nitrogen and oxygen atoms in total. The molecule has 1 aliphatic heterocycles. The number of aryl methyl sites for hydroxylation is 2. The summed E-state index contributed by atoms with van der Waals surface area (Å²) in [5.41, 5.74) is 4.10. The summed E-state index contributed by atoms with van der Waals surface area (Å²) in [6.07, 6.45) is 2.04. The Morgan fingerprint density at radius 3 is 2.32 bits per heavy atom. The molecule has 0 spiro atoms. The van der Waals surface area contributed by atoms with Gasteiger partial charge in [0, 0.05) is 28.7 Å². The van der Waals surface area contributed by atoms with Crippen LogP contribution in [0.15, 0.2) is 42.5 Å². The van der Waals surface area contributed by atoms with Gasteiger partial charge in [-0.1, -0.05) is 6.07 Å². The monoisotopic (exact) mass is 438 g/mol. The third-order valence-corrected chi connectivity index (χ3v) is 6.53. The second-order valence-electron chi connectivity index (χ2n) is 8.03. The van der Waals surface area contributed by atoms with E-state index in [1.165, 1.54) is 0 Å². The van der Waals surface area contributed by atoms with Crippen molar-refractivity contribution >= 4 is 41.0 Å². The number of benzene rings is 2. The van der Waals surface area contributed by atoms with Gasteiger partial charge in [0.1, 0.15) is 6.04 Å². The average molecular weight is 439 g/mol. The summed E-state index contributed by atoms with van der Waals surface area (Å²) in [4.78, 5) is 39.3. The molecule has 0 aromatic heterocycles. The summed E-state index contributed by atoms with van der Waals surface area (Å²) < 4.78 is 0. The van der Waals surface area contributed by atoms with Crippen LogP contribution in [0.1, 0.15) is 34.3 Å². The van der Waals surface area contributed by atoms with Crippen molar-refractivity contribution in [3.63, 3.8) is 0 Å². The first-order valence-corrected chi connectivity index (χ1v) is 11.5. The van der Waals surface area contributed by atoms with Gasteiger partial charge >= 0.3 is 6.03 Å². The van der Waals surface area contributed by atoms with Gasteiger partial charge in [0.05, 0.1) is 5.88 Å². The summed E-state index contributed by atoms with van der Waals surface area (Å²) >= 11 is 1.56. The number of hydrogen-bond donors (Lipinski definition) is 3. The smallest absolute Gasteiger partial charge is 0.319 e. The summed E-state index contributed by atoms with van der Waals surface area (Å²) in [5.74, 6) is 0.646. The van der Waals surface area contributed by atoms with Crippen LogP contribution >= 0.6 is 11.8 Å². The van der Waals surface area contributed by atoms with Gasteiger partial charge in [-0.15, -0.1) is 11.8 Å². The number of rotatable bonds is 5. The number of amides is 4. The van der Waals surface area contributed by atoms with Crippen molar-refractivity contribution in [3.05, 3.63) is 59.2 Å². The van der Waals surface area contributed by atoms with Gasteiger partial charge in [-0.2, -0.15) is 0 Å². The Kier molecular flexibility index (Phi) is 6.18. The molecule has 2 aromatic carbocycles. The molecule has 1 aliphatic carbocycles. The van der Waals surface area contributed by atoms with Crippen molar-refractivity contribution < 1.29 is 14.4 Å². The lowest BCUT2D eigenvalue weighted by Gasteiger charge is -2.23. The number of urea groups is 1. The number of carbonyl (C=O) groups excluding carboxylic acids is 3. The molecule has 1 saturated carbocycles. The highest BCUT2D eigenvalue weighted by Crippen LogP contribution is 2.25. The van der Waals surface area contributed by atoms with Crippen LogP contribution in [0, 0.1) is 13.8 Å². The van der Waals surface area contributed by atoms with Gasteiger partial charge in [0.25, 0.3) is 5.91 Å². The molecular weight excluding hydrogens is 412 g/mol. The normalized spacial score (nSPS) is 17.9. The predicted octanol–water partition coefficient (Wildman–Crippen LogP) is 3.74. The first-order valence-electron chi connectivity index (χ1n) is 10.3. The molecular formula is C23H26N4O3S. The van der Waals surface area contributed by atoms with Gasteiger partial charge in [-0.3, -0.25) is 9.59 Å². The lowest BCUT2D eigenvalue weighted by atomic mass is 10.1. The largest absolute Gasteiger partial charge is 0.335 e. The van der Waals surface area contributed by atoms with E-state index >= 15 is 0 Å². The van der Waals surface area contributed by atoms with Crippen molar-refractivity contribution in [2.24, 2.45) is 0 Å². The lowest BCUT2D eigenvalue weighted by molar-refractivity contribution is -0.119. The average Bonchev–Trinajstić information content (AvgIpc) is 3.41. The first-order chi connectivity index (χ1) is 14.9. The number of thioether (sulfide) groups is 1. The highest BCUT2D eigenvalue weighted by atomic mass is 32.2. The molecule has 162 valence electrons. The van der Waals surface area contributed by atoms with Gasteiger partial charge in [-0.05, 0) is 74.2 Å². The van der Waals surface area contributed by atoms with Crippen LogP contribution < -0.4 is 16.0 Å². The highest BCUT2D eigenvalue weighted by molar-refractivity contribution is 7.99. The summed E-state index contributed by atoms with van der Waals surface area (Å²) in [6.45, 7) is 4.02. The minimum atomic E-state index is -0.527. The number of carbonyl (C=O) groups is 3. The van der Waals surface area contributed by atoms with Crippen LogP contribution in [0.5, 0.6) is 0 Å². The van der Waals surface area contributed by atoms with Crippen molar-refractivity contribution in [3.8, 4) is 0 Å². The Hall–Kier alpha value is -3.00. The number of hydrogen-bond acceptors (Lipinski definition) is 4. The zero-order valence-electron chi connectivity index (χ0n) is 17.6. The summed E-state index contributed by atoms with van der Waals surface area (Å²) in [5, 5.41) is 8.56. The van der Waals surface area contributed by atoms with Crippen molar-refractivity contribution in [1.82, 2.24) is 10.2 Å². The SMILES string of the molecule is Cc1ccc(NC(=O)C2CSCN2C(=O)c2ccc(NC(=O)NC3CC3)cc2)cc1C. The third kappa shape index (κ3) is 5.19. The van der Waals surface area contributed by atoms with Crippen LogP contribution in [0.25, 0.3) is 0 Å². The van der Waals surface area contributed by atoms with E-state index in [1.54, 1.807) is 40.9 Å². The number of anilines is 2. The Labute approximate surface area is 186 Å². The highest BCUT2D eigenvalue weighted by Gasteiger charge is 2.35. The van der Waals surface area contributed by atoms with Crippen LogP contribution in [0.3, 0.4) is 0 Å². The van der Waals surface area contributed by atoms with Crippen LogP contribution in [-0.2, 0) is 4.79 Å². The molecule has 3 N–H and O–H groups in total. The van der Waals surface area contributed by atoms with E-state index in [2.05, 4.69) is 16.0 Å². The molecule has 4 amide bonds. The lowest BCUT2D eigenvalue weighted by Crippen LogP contribution is -2.44. The standard InChI is InChI=1S/C23H26N4O3S/c1-14-3-6-19(11-15(14)2)24-21(28)20-12-31-13-27(20)22(29)16-4-7-17(8-5-16)25-23(30)26-18-9-10-18/h3-8,11,18,20H,9-10,12-13H2,1-2H3,(H,24,28)(H2,25,26,30). The van der Waals surface area contributed by atoms with E-state index in [9.17, 15) is 14.4 Å². The topological polar surface area (TPSA) is 90.5 Å². The van der Waals surface area contributed by atoms with E-state index in [0.29, 0.717) is 22.9 Å². The fourth-order valence-corrected chi connectivity index (χ4v) is 4.50. The molecule has 2 fully saturated rings. The Morgan fingerprint density at radius 2 is 1.65 bits per heavy atom. The second-order valence-corrected chi connectivity index (χ2v) is 9.03. The zero-order chi connectivity index (χ0) is 22.0. The van der Waals surface area contributed by atoms with Crippen LogP contribution in [-0.4, -0.2) is 46.5 Å². The van der Waals surface area contributed by atoms with Gasteiger partial charge in [0.15, 0.2) is 0 Å². The molecule has 0 radical (unpaired) electrons. The maximum atomic E-state index is 13.0. The molecule has 1 unspecified atom stereocenters. The van der Waals surface area contributed by atoms with Gasteiger partial charge in [-0.25, -0.2) is 4.79 Å². The van der Waals surface area contributed by atoms with E-state index in [1.807, 2.05) is 32.0 Å². The van der Waals surface area contributed by atoms with Crippen molar-refractivity contribution in [2.45, 2.75) is 38.8 Å². The van der Waals surface area contributed by atoms with Crippen molar-refractivity contribution in [1.29, 1.82) is 0 Å². The third-order valence-electron chi connectivity index (χ3n) is 5.52. The molecule has 1 atom stereocenters. The number of nitrogens with zero attached hydrogens (tertiary/aromatic N) is 1. The van der Waals surface area contributed by atoms with Crippen LogP contribution in [0.4, 0.5) is 16.2 Å². The minimum Gasteiger partial charge on any atom is -0.335 e.